The predicted molar refractivity (Wildman–Crippen MR) is 56.4 cm³/mol. The van der Waals surface area contributed by atoms with Gasteiger partial charge in [-0.2, -0.15) is 0 Å². The van der Waals surface area contributed by atoms with Crippen molar-refractivity contribution in [1.29, 1.82) is 0 Å². The van der Waals surface area contributed by atoms with Gasteiger partial charge in [-0.3, -0.25) is 0 Å². The van der Waals surface area contributed by atoms with Gasteiger partial charge in [0.05, 0.1) is 22.9 Å². The number of carbonyl (C=O) groups is 1. The fourth-order valence-electron chi connectivity index (χ4n) is 1.02. The van der Waals surface area contributed by atoms with Crippen molar-refractivity contribution in [3.05, 3.63) is 28.5 Å². The summed E-state index contributed by atoms with van der Waals surface area (Å²) >= 11 is 5.49. The molecule has 0 aliphatic carbocycles. The molecule has 0 heterocycles. The molecule has 0 aliphatic rings. The van der Waals surface area contributed by atoms with Crippen LogP contribution < -0.4 is 5.73 Å². The Kier molecular flexibility index (Phi) is 3.91. The van der Waals surface area contributed by atoms with Crippen LogP contribution in [0.4, 0.5) is 10.1 Å². The number of halogens is 2. The Morgan fingerprint density at radius 2 is 2.27 bits per heavy atom. The van der Waals surface area contributed by atoms with Gasteiger partial charge in [0.15, 0.2) is 5.82 Å². The molecule has 0 spiro atoms. The maximum absolute atomic E-state index is 13.2. The third kappa shape index (κ3) is 2.59. The number of nitrogen functional groups attached to an aromatic ring is 1. The highest BCUT2D eigenvalue weighted by Gasteiger charge is 2.16. The molecule has 0 amide bonds. The van der Waals surface area contributed by atoms with Crippen LogP contribution in [0.15, 0.2) is 12.1 Å². The highest BCUT2D eigenvalue weighted by molar-refractivity contribution is 6.31. The van der Waals surface area contributed by atoms with E-state index in [1.54, 1.807) is 0 Å². The Morgan fingerprint density at radius 3 is 2.87 bits per heavy atom. The largest absolute Gasteiger partial charge is 0.462 e. The third-order valence-electron chi connectivity index (χ3n) is 1.79. The zero-order valence-corrected chi connectivity index (χ0v) is 8.97. The number of nitrogens with two attached hydrogens (primary N) is 1. The zero-order valence-electron chi connectivity index (χ0n) is 8.22. The number of ether oxygens (including phenoxy) is 1. The Balaban J connectivity index is 2.95. The summed E-state index contributed by atoms with van der Waals surface area (Å²) in [6.07, 6.45) is 0.696. The normalized spacial score (nSPS) is 10.1. The van der Waals surface area contributed by atoms with E-state index in [0.29, 0.717) is 6.42 Å². The molecule has 2 N–H and O–H groups in total. The molecule has 0 aromatic heterocycles. The van der Waals surface area contributed by atoms with Crippen molar-refractivity contribution in [3.8, 4) is 0 Å². The molecule has 1 aromatic rings. The fraction of sp³-hybridized carbons (Fsp3) is 0.300. The summed E-state index contributed by atoms with van der Waals surface area (Å²) in [6, 6.07) is 2.62. The molecule has 0 atom stereocenters. The van der Waals surface area contributed by atoms with Crippen molar-refractivity contribution in [2.75, 3.05) is 12.3 Å². The molecule has 15 heavy (non-hydrogen) atoms. The molecular weight excluding hydrogens is 221 g/mol. The van der Waals surface area contributed by atoms with Crippen molar-refractivity contribution in [3.63, 3.8) is 0 Å². The van der Waals surface area contributed by atoms with Crippen molar-refractivity contribution < 1.29 is 13.9 Å². The monoisotopic (exact) mass is 231 g/mol. The first-order chi connectivity index (χ1) is 7.07. The average Bonchev–Trinajstić information content (AvgIpc) is 2.23. The molecule has 0 radical (unpaired) electrons. The molecule has 0 fully saturated rings. The molecule has 82 valence electrons. The second-order valence-corrected chi connectivity index (χ2v) is 3.37. The number of hydrogen-bond donors (Lipinski definition) is 1. The number of anilines is 1. The Hall–Kier alpha value is -1.29. The van der Waals surface area contributed by atoms with E-state index in [1.165, 1.54) is 12.1 Å². The van der Waals surface area contributed by atoms with Gasteiger partial charge in [0.2, 0.25) is 0 Å². The molecule has 1 aromatic carbocycles. The van der Waals surface area contributed by atoms with E-state index < -0.39 is 11.8 Å². The van der Waals surface area contributed by atoms with Gasteiger partial charge in [-0.15, -0.1) is 0 Å². The summed E-state index contributed by atoms with van der Waals surface area (Å²) in [5.41, 5.74) is 5.13. The van der Waals surface area contributed by atoms with Gasteiger partial charge in [-0.05, 0) is 18.6 Å². The van der Waals surface area contributed by atoms with Crippen molar-refractivity contribution in [2.45, 2.75) is 13.3 Å². The highest BCUT2D eigenvalue weighted by atomic mass is 35.5. The maximum Gasteiger partial charge on any atom is 0.340 e. The van der Waals surface area contributed by atoms with Gasteiger partial charge in [0, 0.05) is 0 Å². The molecule has 0 unspecified atom stereocenters. The standard InChI is InChI=1S/C10H11ClFNO2/c1-2-5-15-10(14)6-3-4-7(11)8(12)9(6)13/h3-4H,2,5,13H2,1H3. The van der Waals surface area contributed by atoms with E-state index in [1.807, 2.05) is 6.92 Å². The number of carbonyl (C=O) groups excluding carboxylic acids is 1. The first-order valence-corrected chi connectivity index (χ1v) is 4.86. The van der Waals surface area contributed by atoms with E-state index in [0.717, 1.165) is 0 Å². The van der Waals surface area contributed by atoms with Crippen LogP contribution in [0.1, 0.15) is 23.7 Å². The lowest BCUT2D eigenvalue weighted by molar-refractivity contribution is 0.0506. The summed E-state index contributed by atoms with van der Waals surface area (Å²) < 4.78 is 18.0. The highest BCUT2D eigenvalue weighted by Crippen LogP contribution is 2.24. The van der Waals surface area contributed by atoms with Crippen LogP contribution in [0.25, 0.3) is 0 Å². The quantitative estimate of drug-likeness (QED) is 0.643. The number of hydrogen-bond acceptors (Lipinski definition) is 3. The molecular formula is C10H11ClFNO2. The molecule has 5 heteroatoms. The van der Waals surface area contributed by atoms with Crippen LogP contribution in [-0.2, 0) is 4.74 Å². The summed E-state index contributed by atoms with van der Waals surface area (Å²) in [6.45, 7) is 2.14. The lowest BCUT2D eigenvalue weighted by Gasteiger charge is -2.07. The average molecular weight is 232 g/mol. The zero-order chi connectivity index (χ0) is 11.4. The van der Waals surface area contributed by atoms with Gasteiger partial charge in [0.25, 0.3) is 0 Å². The number of esters is 1. The molecule has 0 saturated carbocycles. The smallest absolute Gasteiger partial charge is 0.340 e. The SMILES string of the molecule is CCCOC(=O)c1ccc(Cl)c(F)c1N. The van der Waals surface area contributed by atoms with Gasteiger partial charge in [-0.25, -0.2) is 9.18 Å². The Morgan fingerprint density at radius 1 is 1.60 bits per heavy atom. The van der Waals surface area contributed by atoms with E-state index in [9.17, 15) is 9.18 Å². The van der Waals surface area contributed by atoms with Crippen molar-refractivity contribution >= 4 is 23.3 Å². The fourth-order valence-corrected chi connectivity index (χ4v) is 1.18. The molecule has 3 nitrogen and oxygen atoms in total. The predicted octanol–water partition coefficient (Wildman–Crippen LogP) is 2.63. The number of benzene rings is 1. The molecule has 1 rings (SSSR count). The minimum Gasteiger partial charge on any atom is -0.462 e. The minimum atomic E-state index is -0.789. The topological polar surface area (TPSA) is 52.3 Å². The molecule has 0 bridgehead atoms. The van der Waals surface area contributed by atoms with Crippen molar-refractivity contribution in [2.24, 2.45) is 0 Å². The first kappa shape index (κ1) is 11.8. The Bertz CT molecular complexity index is 382. The third-order valence-corrected chi connectivity index (χ3v) is 2.08. The van der Waals surface area contributed by atoms with E-state index >= 15 is 0 Å². The first-order valence-electron chi connectivity index (χ1n) is 4.48. The molecule has 0 aliphatic heterocycles. The van der Waals surface area contributed by atoms with Crippen LogP contribution in [0.2, 0.25) is 5.02 Å². The van der Waals surface area contributed by atoms with Crippen LogP contribution in [0.5, 0.6) is 0 Å². The second kappa shape index (κ2) is 4.98. The minimum absolute atomic E-state index is 0.00495. The van der Waals surface area contributed by atoms with Crippen LogP contribution in [0, 0.1) is 5.82 Å². The van der Waals surface area contributed by atoms with Gasteiger partial charge in [-0.1, -0.05) is 18.5 Å². The summed E-state index contributed by atoms with van der Waals surface area (Å²) in [4.78, 5) is 11.4. The summed E-state index contributed by atoms with van der Waals surface area (Å²) in [7, 11) is 0. The van der Waals surface area contributed by atoms with E-state index in [2.05, 4.69) is 0 Å². The lowest BCUT2D eigenvalue weighted by Crippen LogP contribution is -2.10. The second-order valence-electron chi connectivity index (χ2n) is 2.96. The lowest BCUT2D eigenvalue weighted by atomic mass is 10.2. The van der Waals surface area contributed by atoms with Crippen LogP contribution >= 0.6 is 11.6 Å². The Labute approximate surface area is 92.0 Å². The van der Waals surface area contributed by atoms with E-state index in [4.69, 9.17) is 22.1 Å². The van der Waals surface area contributed by atoms with Gasteiger partial charge >= 0.3 is 5.97 Å². The van der Waals surface area contributed by atoms with Crippen LogP contribution in [-0.4, -0.2) is 12.6 Å². The van der Waals surface area contributed by atoms with E-state index in [-0.39, 0.29) is 22.9 Å². The maximum atomic E-state index is 13.2. The molecule has 0 saturated heterocycles. The van der Waals surface area contributed by atoms with Crippen molar-refractivity contribution in [1.82, 2.24) is 0 Å². The van der Waals surface area contributed by atoms with Gasteiger partial charge < -0.3 is 10.5 Å². The number of rotatable bonds is 3. The summed E-state index contributed by atoms with van der Waals surface area (Å²) in [5.74, 6) is -1.42. The summed E-state index contributed by atoms with van der Waals surface area (Å²) in [5, 5.41) is -0.112. The van der Waals surface area contributed by atoms with Crippen LogP contribution in [0.3, 0.4) is 0 Å². The van der Waals surface area contributed by atoms with Gasteiger partial charge in [0.1, 0.15) is 0 Å².